The number of Topliss-reactive ketones (excluding diaryl/α,β-unsaturated/α-hetero) is 1. The SMILES string of the molecule is CC(=O)c1ccc(NC(=O)[C@H](C)OC(=O)c2ccccc2Cl)cc1. The van der Waals surface area contributed by atoms with Crippen LogP contribution in [-0.2, 0) is 9.53 Å². The van der Waals surface area contributed by atoms with E-state index in [1.165, 1.54) is 19.9 Å². The van der Waals surface area contributed by atoms with Gasteiger partial charge >= 0.3 is 5.97 Å². The molecule has 0 unspecified atom stereocenters. The van der Waals surface area contributed by atoms with Crippen LogP contribution in [0.25, 0.3) is 0 Å². The third kappa shape index (κ3) is 4.43. The fraction of sp³-hybridized carbons (Fsp3) is 0.167. The van der Waals surface area contributed by atoms with Crippen molar-refractivity contribution in [2.24, 2.45) is 0 Å². The van der Waals surface area contributed by atoms with E-state index in [2.05, 4.69) is 5.32 Å². The van der Waals surface area contributed by atoms with Gasteiger partial charge in [0.25, 0.3) is 5.91 Å². The van der Waals surface area contributed by atoms with Crippen molar-refractivity contribution >= 4 is 34.9 Å². The molecule has 0 radical (unpaired) electrons. The van der Waals surface area contributed by atoms with E-state index in [0.29, 0.717) is 11.3 Å². The van der Waals surface area contributed by atoms with Crippen molar-refractivity contribution in [1.82, 2.24) is 0 Å². The molecule has 0 aliphatic heterocycles. The fourth-order valence-electron chi connectivity index (χ4n) is 1.94. The van der Waals surface area contributed by atoms with E-state index in [1.807, 2.05) is 0 Å². The zero-order chi connectivity index (χ0) is 17.7. The first-order valence-electron chi connectivity index (χ1n) is 7.26. The fourth-order valence-corrected chi connectivity index (χ4v) is 2.15. The summed E-state index contributed by atoms with van der Waals surface area (Å²) in [7, 11) is 0. The summed E-state index contributed by atoms with van der Waals surface area (Å²) in [4.78, 5) is 35.3. The lowest BCUT2D eigenvalue weighted by atomic mass is 10.1. The first-order valence-corrected chi connectivity index (χ1v) is 7.63. The topological polar surface area (TPSA) is 72.5 Å². The number of hydrogen-bond donors (Lipinski definition) is 1. The van der Waals surface area contributed by atoms with Gasteiger partial charge in [-0.05, 0) is 50.2 Å². The van der Waals surface area contributed by atoms with Crippen molar-refractivity contribution in [2.45, 2.75) is 20.0 Å². The predicted molar refractivity (Wildman–Crippen MR) is 91.4 cm³/mol. The molecular weight excluding hydrogens is 330 g/mol. The van der Waals surface area contributed by atoms with Gasteiger partial charge in [-0.1, -0.05) is 23.7 Å². The summed E-state index contributed by atoms with van der Waals surface area (Å²) in [5.41, 5.74) is 1.25. The Kier molecular flexibility index (Phi) is 5.71. The minimum Gasteiger partial charge on any atom is -0.449 e. The number of nitrogens with one attached hydrogen (secondary N) is 1. The van der Waals surface area contributed by atoms with Gasteiger partial charge in [-0.2, -0.15) is 0 Å². The van der Waals surface area contributed by atoms with E-state index >= 15 is 0 Å². The summed E-state index contributed by atoms with van der Waals surface area (Å²) >= 11 is 5.92. The van der Waals surface area contributed by atoms with Gasteiger partial charge in [-0.25, -0.2) is 4.79 Å². The molecule has 2 aromatic rings. The highest BCUT2D eigenvalue weighted by molar-refractivity contribution is 6.33. The molecule has 24 heavy (non-hydrogen) atoms. The largest absolute Gasteiger partial charge is 0.449 e. The predicted octanol–water partition coefficient (Wildman–Crippen LogP) is 3.73. The molecule has 0 fully saturated rings. The molecule has 0 saturated carbocycles. The maximum absolute atomic E-state index is 12.1. The lowest BCUT2D eigenvalue weighted by Gasteiger charge is -2.14. The van der Waals surface area contributed by atoms with Crippen molar-refractivity contribution in [3.05, 3.63) is 64.7 Å². The second kappa shape index (κ2) is 7.75. The molecule has 1 N–H and O–H groups in total. The second-order valence-electron chi connectivity index (χ2n) is 5.15. The summed E-state index contributed by atoms with van der Waals surface area (Å²) < 4.78 is 5.12. The van der Waals surface area contributed by atoms with Crippen LogP contribution < -0.4 is 5.32 Å². The maximum atomic E-state index is 12.1. The van der Waals surface area contributed by atoms with Crippen LogP contribution >= 0.6 is 11.6 Å². The monoisotopic (exact) mass is 345 g/mol. The van der Waals surface area contributed by atoms with Gasteiger partial charge in [0.1, 0.15) is 0 Å². The third-order valence-corrected chi connectivity index (χ3v) is 3.64. The van der Waals surface area contributed by atoms with Crippen molar-refractivity contribution in [3.63, 3.8) is 0 Å². The molecule has 0 aliphatic rings. The first kappa shape index (κ1) is 17.7. The molecule has 0 aliphatic carbocycles. The molecule has 1 atom stereocenters. The number of ether oxygens (including phenoxy) is 1. The molecule has 0 bridgehead atoms. The molecule has 2 aromatic carbocycles. The van der Waals surface area contributed by atoms with Gasteiger partial charge < -0.3 is 10.1 Å². The number of rotatable bonds is 5. The van der Waals surface area contributed by atoms with Crippen molar-refractivity contribution < 1.29 is 19.1 Å². The van der Waals surface area contributed by atoms with Gasteiger partial charge in [-0.3, -0.25) is 9.59 Å². The van der Waals surface area contributed by atoms with Crippen molar-refractivity contribution in [3.8, 4) is 0 Å². The number of amides is 1. The Bertz CT molecular complexity index is 771. The van der Waals surface area contributed by atoms with Crippen molar-refractivity contribution in [1.29, 1.82) is 0 Å². The zero-order valence-corrected chi connectivity index (χ0v) is 14.0. The van der Waals surface area contributed by atoms with Crippen LogP contribution in [0.4, 0.5) is 5.69 Å². The average molecular weight is 346 g/mol. The molecule has 0 saturated heterocycles. The molecular formula is C18H16ClNO4. The molecule has 0 spiro atoms. The molecule has 0 heterocycles. The Morgan fingerprint density at radius 3 is 2.25 bits per heavy atom. The summed E-state index contributed by atoms with van der Waals surface area (Å²) in [6.45, 7) is 2.93. The Hall–Kier alpha value is -2.66. The second-order valence-corrected chi connectivity index (χ2v) is 5.56. The Morgan fingerprint density at radius 1 is 1.04 bits per heavy atom. The van der Waals surface area contributed by atoms with E-state index < -0.39 is 18.0 Å². The Morgan fingerprint density at radius 2 is 1.67 bits per heavy atom. The number of ketones is 1. The van der Waals surface area contributed by atoms with Gasteiger partial charge in [0.05, 0.1) is 10.6 Å². The molecule has 124 valence electrons. The van der Waals surface area contributed by atoms with E-state index in [-0.39, 0.29) is 16.4 Å². The lowest BCUT2D eigenvalue weighted by Crippen LogP contribution is -2.30. The smallest absolute Gasteiger partial charge is 0.340 e. The minimum absolute atomic E-state index is 0.0603. The van der Waals surface area contributed by atoms with Gasteiger partial charge in [0, 0.05) is 11.3 Å². The number of anilines is 1. The summed E-state index contributed by atoms with van der Waals surface area (Å²) in [5.74, 6) is -1.21. The number of esters is 1. The van der Waals surface area contributed by atoms with Crippen LogP contribution in [-0.4, -0.2) is 23.8 Å². The molecule has 0 aromatic heterocycles. The molecule has 1 amide bonds. The molecule has 6 heteroatoms. The summed E-state index contributed by atoms with van der Waals surface area (Å²) in [5, 5.41) is 2.88. The van der Waals surface area contributed by atoms with Crippen LogP contribution in [0.3, 0.4) is 0 Å². The number of carbonyl (C=O) groups is 3. The Labute approximate surface area is 144 Å². The zero-order valence-electron chi connectivity index (χ0n) is 13.2. The summed E-state index contributed by atoms with van der Waals surface area (Å²) in [6, 6.07) is 12.9. The number of halogens is 1. The molecule has 5 nitrogen and oxygen atoms in total. The molecule has 2 rings (SSSR count). The van der Waals surface area contributed by atoms with Crippen LogP contribution in [0.1, 0.15) is 34.6 Å². The minimum atomic E-state index is -0.999. The number of benzene rings is 2. The summed E-state index contributed by atoms with van der Waals surface area (Å²) in [6.07, 6.45) is -0.999. The maximum Gasteiger partial charge on any atom is 0.340 e. The quantitative estimate of drug-likeness (QED) is 0.662. The van der Waals surface area contributed by atoms with Gasteiger partial charge in [-0.15, -0.1) is 0 Å². The van der Waals surface area contributed by atoms with E-state index in [4.69, 9.17) is 16.3 Å². The highest BCUT2D eigenvalue weighted by Crippen LogP contribution is 2.17. The lowest BCUT2D eigenvalue weighted by molar-refractivity contribution is -0.123. The number of hydrogen-bond acceptors (Lipinski definition) is 4. The van der Waals surface area contributed by atoms with Gasteiger partial charge in [0.2, 0.25) is 0 Å². The normalized spacial score (nSPS) is 11.5. The van der Waals surface area contributed by atoms with Crippen LogP contribution in [0.2, 0.25) is 5.02 Å². The number of carbonyl (C=O) groups excluding carboxylic acids is 3. The van der Waals surface area contributed by atoms with Crippen LogP contribution in [0.5, 0.6) is 0 Å². The highest BCUT2D eigenvalue weighted by Gasteiger charge is 2.20. The average Bonchev–Trinajstić information content (AvgIpc) is 2.55. The first-order chi connectivity index (χ1) is 11.4. The van der Waals surface area contributed by atoms with E-state index in [9.17, 15) is 14.4 Å². The van der Waals surface area contributed by atoms with Gasteiger partial charge in [0.15, 0.2) is 11.9 Å². The standard InChI is InChI=1S/C18H16ClNO4/c1-11(21)13-7-9-14(10-8-13)20-17(22)12(2)24-18(23)15-5-3-4-6-16(15)19/h3-10,12H,1-2H3,(H,20,22)/t12-/m0/s1. The van der Waals surface area contributed by atoms with E-state index in [0.717, 1.165) is 0 Å². The third-order valence-electron chi connectivity index (χ3n) is 3.31. The van der Waals surface area contributed by atoms with Crippen LogP contribution in [0.15, 0.2) is 48.5 Å². The highest BCUT2D eigenvalue weighted by atomic mass is 35.5. The van der Waals surface area contributed by atoms with E-state index in [1.54, 1.807) is 42.5 Å². The van der Waals surface area contributed by atoms with Crippen molar-refractivity contribution in [2.75, 3.05) is 5.32 Å². The Balaban J connectivity index is 1.98. The van der Waals surface area contributed by atoms with Crippen LogP contribution in [0, 0.1) is 0 Å².